The number of hydrogen-bond donors (Lipinski definition) is 1. The fraction of sp³-hybridized carbons (Fsp3) is 0.778. The molecule has 4 nitrogen and oxygen atoms in total. The van der Waals surface area contributed by atoms with Crippen LogP contribution in [0.15, 0.2) is 0 Å². The Hall–Kier alpha value is -0.710. The van der Waals surface area contributed by atoms with E-state index in [0.717, 1.165) is 6.42 Å². The third-order valence-corrected chi connectivity index (χ3v) is 3.50. The lowest BCUT2D eigenvalue weighted by molar-refractivity contribution is -0.149. The summed E-state index contributed by atoms with van der Waals surface area (Å²) in [5.41, 5.74) is 0. The van der Waals surface area contributed by atoms with Gasteiger partial charge in [0.05, 0.1) is 5.88 Å². The zero-order valence-electron chi connectivity index (χ0n) is 8.40. The van der Waals surface area contributed by atoms with Crippen molar-refractivity contribution >= 4 is 23.6 Å². The highest BCUT2D eigenvalue weighted by Crippen LogP contribution is 2.23. The van der Waals surface area contributed by atoms with Crippen LogP contribution in [0.3, 0.4) is 0 Å². The fourth-order valence-electron chi connectivity index (χ4n) is 1.32. The van der Waals surface area contributed by atoms with Gasteiger partial charge >= 0.3 is 5.97 Å². The molecule has 1 fully saturated rings. The van der Waals surface area contributed by atoms with Crippen LogP contribution in [-0.2, 0) is 9.59 Å². The molecule has 0 aromatic carbocycles. The Morgan fingerprint density at radius 1 is 1.64 bits per heavy atom. The van der Waals surface area contributed by atoms with Crippen molar-refractivity contribution in [3.63, 3.8) is 0 Å². The summed E-state index contributed by atoms with van der Waals surface area (Å²) < 4.78 is 0. The van der Waals surface area contributed by atoms with Gasteiger partial charge in [-0.25, -0.2) is 4.79 Å². The Morgan fingerprint density at radius 2 is 2.29 bits per heavy atom. The number of rotatable bonds is 3. The van der Waals surface area contributed by atoms with Crippen LogP contribution in [0.25, 0.3) is 0 Å². The standard InChI is InChI=1S/C9H15NO3S/c1-3-6(2)8(11)10-5-14-4-7(10)9(12)13/h6-7H,3-5H2,1-2H3,(H,12,13)/t6?,7-/m0/s1. The number of amides is 1. The van der Waals surface area contributed by atoms with Crippen LogP contribution in [0.4, 0.5) is 0 Å². The van der Waals surface area contributed by atoms with Gasteiger partial charge in [-0.3, -0.25) is 4.79 Å². The van der Waals surface area contributed by atoms with Gasteiger partial charge < -0.3 is 10.0 Å². The van der Waals surface area contributed by atoms with Crippen LogP contribution in [0.5, 0.6) is 0 Å². The van der Waals surface area contributed by atoms with E-state index < -0.39 is 12.0 Å². The molecule has 1 amide bonds. The highest BCUT2D eigenvalue weighted by atomic mass is 32.2. The quantitative estimate of drug-likeness (QED) is 0.766. The van der Waals surface area contributed by atoms with E-state index in [-0.39, 0.29) is 11.8 Å². The van der Waals surface area contributed by atoms with E-state index in [1.165, 1.54) is 16.7 Å². The van der Waals surface area contributed by atoms with Gasteiger partial charge in [0.1, 0.15) is 6.04 Å². The molecule has 0 aromatic rings. The summed E-state index contributed by atoms with van der Waals surface area (Å²) in [6.07, 6.45) is 0.756. The van der Waals surface area contributed by atoms with Crippen LogP contribution >= 0.6 is 11.8 Å². The second kappa shape index (κ2) is 4.68. The molecule has 1 rings (SSSR count). The van der Waals surface area contributed by atoms with Crippen molar-refractivity contribution in [2.24, 2.45) is 5.92 Å². The van der Waals surface area contributed by atoms with Crippen molar-refractivity contribution < 1.29 is 14.7 Å². The summed E-state index contributed by atoms with van der Waals surface area (Å²) in [7, 11) is 0. The highest BCUT2D eigenvalue weighted by Gasteiger charge is 2.35. The fourth-order valence-corrected chi connectivity index (χ4v) is 2.48. The second-order valence-corrected chi connectivity index (χ2v) is 4.47. The first-order valence-electron chi connectivity index (χ1n) is 4.69. The molecule has 1 aliphatic heterocycles. The summed E-state index contributed by atoms with van der Waals surface area (Å²) >= 11 is 1.50. The molecule has 0 radical (unpaired) electrons. The van der Waals surface area contributed by atoms with Gasteiger partial charge in [-0.05, 0) is 6.42 Å². The van der Waals surface area contributed by atoms with E-state index in [0.29, 0.717) is 11.6 Å². The molecule has 1 aliphatic rings. The molecule has 0 spiro atoms. The maximum absolute atomic E-state index is 11.7. The molecule has 0 aliphatic carbocycles. The van der Waals surface area contributed by atoms with Crippen molar-refractivity contribution in [1.82, 2.24) is 4.90 Å². The van der Waals surface area contributed by atoms with Crippen LogP contribution in [0.1, 0.15) is 20.3 Å². The Morgan fingerprint density at radius 3 is 2.79 bits per heavy atom. The molecule has 1 saturated heterocycles. The van der Waals surface area contributed by atoms with Gasteiger partial charge in [0.25, 0.3) is 0 Å². The number of hydrogen-bond acceptors (Lipinski definition) is 3. The van der Waals surface area contributed by atoms with E-state index in [9.17, 15) is 9.59 Å². The molecule has 0 bridgehead atoms. The van der Waals surface area contributed by atoms with Crippen molar-refractivity contribution in [1.29, 1.82) is 0 Å². The minimum atomic E-state index is -0.897. The number of nitrogens with zero attached hydrogens (tertiary/aromatic N) is 1. The molecular weight excluding hydrogens is 202 g/mol. The van der Waals surface area contributed by atoms with Crippen molar-refractivity contribution in [2.45, 2.75) is 26.3 Å². The van der Waals surface area contributed by atoms with Crippen LogP contribution in [0.2, 0.25) is 0 Å². The summed E-state index contributed by atoms with van der Waals surface area (Å²) in [6, 6.07) is -0.624. The first-order valence-corrected chi connectivity index (χ1v) is 5.84. The minimum Gasteiger partial charge on any atom is -0.480 e. The lowest BCUT2D eigenvalue weighted by atomic mass is 10.1. The van der Waals surface area contributed by atoms with Gasteiger partial charge in [0, 0.05) is 11.7 Å². The smallest absolute Gasteiger partial charge is 0.327 e. The normalized spacial score (nSPS) is 23.6. The average molecular weight is 217 g/mol. The van der Waals surface area contributed by atoms with E-state index in [2.05, 4.69) is 0 Å². The van der Waals surface area contributed by atoms with Gasteiger partial charge in [0.2, 0.25) is 5.91 Å². The van der Waals surface area contributed by atoms with Crippen LogP contribution in [0, 0.1) is 5.92 Å². The van der Waals surface area contributed by atoms with E-state index in [4.69, 9.17) is 5.11 Å². The lowest BCUT2D eigenvalue weighted by Crippen LogP contribution is -2.43. The zero-order chi connectivity index (χ0) is 10.7. The molecule has 5 heteroatoms. The van der Waals surface area contributed by atoms with Crippen LogP contribution < -0.4 is 0 Å². The largest absolute Gasteiger partial charge is 0.480 e. The molecule has 1 unspecified atom stereocenters. The molecule has 1 heterocycles. The van der Waals surface area contributed by atoms with E-state index in [1.807, 2.05) is 13.8 Å². The van der Waals surface area contributed by atoms with E-state index >= 15 is 0 Å². The predicted molar refractivity (Wildman–Crippen MR) is 55.0 cm³/mol. The summed E-state index contributed by atoms with van der Waals surface area (Å²) in [5, 5.41) is 8.88. The molecular formula is C9H15NO3S. The summed E-state index contributed by atoms with van der Waals surface area (Å²) in [4.78, 5) is 24.0. The first kappa shape index (κ1) is 11.4. The monoisotopic (exact) mass is 217 g/mol. The lowest BCUT2D eigenvalue weighted by Gasteiger charge is -2.23. The zero-order valence-corrected chi connectivity index (χ0v) is 9.21. The van der Waals surface area contributed by atoms with Crippen LogP contribution in [-0.4, -0.2) is 39.6 Å². The minimum absolute atomic E-state index is 0.0371. The Kier molecular flexibility index (Phi) is 3.80. The van der Waals surface area contributed by atoms with Crippen molar-refractivity contribution in [2.75, 3.05) is 11.6 Å². The Labute approximate surface area is 87.7 Å². The molecule has 1 N–H and O–H groups in total. The number of thioether (sulfide) groups is 1. The third kappa shape index (κ3) is 2.20. The van der Waals surface area contributed by atoms with Gasteiger partial charge in [-0.15, -0.1) is 11.8 Å². The second-order valence-electron chi connectivity index (χ2n) is 3.47. The third-order valence-electron chi connectivity index (χ3n) is 2.48. The van der Waals surface area contributed by atoms with E-state index in [1.54, 1.807) is 0 Å². The summed E-state index contributed by atoms with van der Waals surface area (Å²) in [5.74, 6) is 0.0181. The molecule has 14 heavy (non-hydrogen) atoms. The maximum Gasteiger partial charge on any atom is 0.327 e. The van der Waals surface area contributed by atoms with Gasteiger partial charge in [-0.1, -0.05) is 13.8 Å². The van der Waals surface area contributed by atoms with Gasteiger partial charge in [0.15, 0.2) is 0 Å². The molecule has 0 saturated carbocycles. The molecule has 80 valence electrons. The molecule has 0 aromatic heterocycles. The number of carbonyl (C=O) groups excluding carboxylic acids is 1. The SMILES string of the molecule is CCC(C)C(=O)N1CSC[C@H]1C(=O)O. The number of carbonyl (C=O) groups is 2. The number of aliphatic carboxylic acids is 1. The first-order chi connectivity index (χ1) is 6.57. The summed E-state index contributed by atoms with van der Waals surface area (Å²) in [6.45, 7) is 3.77. The average Bonchev–Trinajstić information content (AvgIpc) is 2.63. The highest BCUT2D eigenvalue weighted by molar-refractivity contribution is 7.99. The molecule has 2 atom stereocenters. The number of carboxylic acid groups (broad SMARTS) is 1. The van der Waals surface area contributed by atoms with Gasteiger partial charge in [-0.2, -0.15) is 0 Å². The Balaban J connectivity index is 2.67. The maximum atomic E-state index is 11.7. The van der Waals surface area contributed by atoms with Crippen molar-refractivity contribution in [3.05, 3.63) is 0 Å². The van der Waals surface area contributed by atoms with Crippen molar-refractivity contribution in [3.8, 4) is 0 Å². The topological polar surface area (TPSA) is 57.6 Å². The Bertz CT molecular complexity index is 244. The number of carboxylic acids is 1. The predicted octanol–water partition coefficient (Wildman–Crippen LogP) is 1.02.